The maximum absolute atomic E-state index is 11.2. The molecule has 0 fully saturated rings. The smallest absolute Gasteiger partial charge is 0.333 e. The van der Waals surface area contributed by atoms with Crippen LogP contribution < -0.4 is 5.32 Å². The molecule has 0 atom stereocenters. The lowest BCUT2D eigenvalue weighted by atomic mass is 10.1. The number of amides is 1. The number of hydrogen-bond donors (Lipinski definition) is 3. The Morgan fingerprint density at radius 2 is 2.29 bits per heavy atom. The SMILES string of the molecule is Cc1[nH]ncc1CCC1=C(C(=O)O)CC(=O)N1. The Kier molecular flexibility index (Phi) is 2.95. The van der Waals surface area contributed by atoms with Gasteiger partial charge in [0.25, 0.3) is 0 Å². The summed E-state index contributed by atoms with van der Waals surface area (Å²) in [5.41, 5.74) is 2.69. The maximum Gasteiger partial charge on any atom is 0.333 e. The lowest BCUT2D eigenvalue weighted by Crippen LogP contribution is -2.15. The molecule has 0 spiro atoms. The zero-order valence-electron chi connectivity index (χ0n) is 9.41. The van der Waals surface area contributed by atoms with Gasteiger partial charge in [0.2, 0.25) is 5.91 Å². The van der Waals surface area contributed by atoms with E-state index in [4.69, 9.17) is 5.11 Å². The number of nitrogens with zero attached hydrogens (tertiary/aromatic N) is 1. The minimum Gasteiger partial charge on any atom is -0.478 e. The van der Waals surface area contributed by atoms with Gasteiger partial charge in [-0.2, -0.15) is 5.10 Å². The number of carboxylic acid groups (broad SMARTS) is 1. The molecule has 6 nitrogen and oxygen atoms in total. The van der Waals surface area contributed by atoms with E-state index < -0.39 is 5.97 Å². The molecule has 1 aliphatic rings. The first-order valence-corrected chi connectivity index (χ1v) is 5.32. The lowest BCUT2D eigenvalue weighted by molar-refractivity contribution is -0.133. The molecule has 1 aliphatic heterocycles. The number of carbonyl (C=O) groups excluding carboxylic acids is 1. The summed E-state index contributed by atoms with van der Waals surface area (Å²) in [7, 11) is 0. The average molecular weight is 235 g/mol. The second-order valence-corrected chi connectivity index (χ2v) is 4.01. The fraction of sp³-hybridized carbons (Fsp3) is 0.364. The molecule has 2 heterocycles. The Hall–Kier alpha value is -2.11. The zero-order valence-corrected chi connectivity index (χ0v) is 9.41. The topological polar surface area (TPSA) is 95.1 Å². The summed E-state index contributed by atoms with van der Waals surface area (Å²) >= 11 is 0. The summed E-state index contributed by atoms with van der Waals surface area (Å²) in [6, 6.07) is 0. The summed E-state index contributed by atoms with van der Waals surface area (Å²) in [6.07, 6.45) is 2.85. The van der Waals surface area contributed by atoms with Gasteiger partial charge in [-0.3, -0.25) is 9.89 Å². The number of carboxylic acids is 1. The zero-order chi connectivity index (χ0) is 12.4. The van der Waals surface area contributed by atoms with Crippen LogP contribution in [0, 0.1) is 6.92 Å². The number of aliphatic carboxylic acids is 1. The van der Waals surface area contributed by atoms with Crippen LogP contribution in [0.4, 0.5) is 0 Å². The highest BCUT2D eigenvalue weighted by Gasteiger charge is 2.25. The number of carbonyl (C=O) groups is 2. The quantitative estimate of drug-likeness (QED) is 0.708. The number of aromatic nitrogens is 2. The normalized spacial score (nSPS) is 15.2. The molecule has 90 valence electrons. The highest BCUT2D eigenvalue weighted by atomic mass is 16.4. The summed E-state index contributed by atoms with van der Waals surface area (Å²) in [5, 5.41) is 18.2. The Bertz CT molecular complexity index is 502. The predicted molar refractivity (Wildman–Crippen MR) is 59.1 cm³/mol. The van der Waals surface area contributed by atoms with E-state index in [1.165, 1.54) is 0 Å². The van der Waals surface area contributed by atoms with Crippen molar-refractivity contribution in [3.05, 3.63) is 28.7 Å². The third-order valence-corrected chi connectivity index (χ3v) is 2.83. The van der Waals surface area contributed by atoms with Crippen LogP contribution in [-0.4, -0.2) is 27.2 Å². The van der Waals surface area contributed by atoms with E-state index in [1.807, 2.05) is 6.92 Å². The first-order chi connectivity index (χ1) is 8.08. The van der Waals surface area contributed by atoms with Gasteiger partial charge in [0, 0.05) is 11.4 Å². The van der Waals surface area contributed by atoms with Crippen LogP contribution in [0.1, 0.15) is 24.1 Å². The van der Waals surface area contributed by atoms with E-state index >= 15 is 0 Å². The standard InChI is InChI=1S/C11H13N3O3/c1-6-7(5-12-14-6)2-3-9-8(11(16)17)4-10(15)13-9/h5H,2-4H2,1H3,(H,12,14)(H,13,15)(H,16,17). The van der Waals surface area contributed by atoms with Gasteiger partial charge in [-0.15, -0.1) is 0 Å². The second kappa shape index (κ2) is 4.40. The molecule has 0 unspecified atom stereocenters. The van der Waals surface area contributed by atoms with Crippen LogP contribution in [0.3, 0.4) is 0 Å². The van der Waals surface area contributed by atoms with E-state index in [2.05, 4.69) is 15.5 Å². The third-order valence-electron chi connectivity index (χ3n) is 2.83. The van der Waals surface area contributed by atoms with Gasteiger partial charge >= 0.3 is 5.97 Å². The van der Waals surface area contributed by atoms with Crippen molar-refractivity contribution in [3.8, 4) is 0 Å². The number of nitrogens with one attached hydrogen (secondary N) is 2. The van der Waals surface area contributed by atoms with Gasteiger partial charge in [0.05, 0.1) is 18.2 Å². The molecule has 0 aliphatic carbocycles. The van der Waals surface area contributed by atoms with Crippen LogP contribution in [0.15, 0.2) is 17.5 Å². The molecule has 0 saturated carbocycles. The molecular formula is C11H13N3O3. The van der Waals surface area contributed by atoms with Gasteiger partial charge in [-0.25, -0.2) is 4.79 Å². The fourth-order valence-corrected chi connectivity index (χ4v) is 1.86. The molecule has 0 bridgehead atoms. The summed E-state index contributed by atoms with van der Waals surface area (Å²) < 4.78 is 0. The Morgan fingerprint density at radius 3 is 2.88 bits per heavy atom. The van der Waals surface area contributed by atoms with Crippen molar-refractivity contribution < 1.29 is 14.7 Å². The van der Waals surface area contributed by atoms with E-state index in [-0.39, 0.29) is 17.9 Å². The Balaban J connectivity index is 2.08. The number of hydrogen-bond acceptors (Lipinski definition) is 3. The van der Waals surface area contributed by atoms with Gasteiger partial charge in [-0.05, 0) is 25.3 Å². The number of aromatic amines is 1. The molecule has 1 aromatic rings. The minimum absolute atomic E-state index is 0.0327. The first-order valence-electron chi connectivity index (χ1n) is 5.32. The van der Waals surface area contributed by atoms with Crippen molar-refractivity contribution in [1.29, 1.82) is 0 Å². The molecule has 0 radical (unpaired) electrons. The molecule has 3 N–H and O–H groups in total. The van der Waals surface area contributed by atoms with Gasteiger partial charge in [-0.1, -0.05) is 0 Å². The lowest BCUT2D eigenvalue weighted by Gasteiger charge is -2.03. The predicted octanol–water partition coefficient (Wildman–Crippen LogP) is 0.509. The highest BCUT2D eigenvalue weighted by molar-refractivity contribution is 5.99. The monoisotopic (exact) mass is 235 g/mol. The molecule has 1 aromatic heterocycles. The summed E-state index contributed by atoms with van der Waals surface area (Å²) in [6.45, 7) is 1.90. The number of H-pyrrole nitrogens is 1. The van der Waals surface area contributed by atoms with Crippen LogP contribution in [-0.2, 0) is 16.0 Å². The molecule has 0 saturated heterocycles. The minimum atomic E-state index is -1.03. The largest absolute Gasteiger partial charge is 0.478 e. The first kappa shape index (κ1) is 11.4. The molecule has 0 aromatic carbocycles. The Labute approximate surface area is 97.7 Å². The number of aryl methyl sites for hydroxylation is 2. The van der Waals surface area contributed by atoms with Crippen molar-refractivity contribution in [3.63, 3.8) is 0 Å². The van der Waals surface area contributed by atoms with Crippen molar-refractivity contribution in [2.24, 2.45) is 0 Å². The summed E-state index contributed by atoms with van der Waals surface area (Å²) in [4.78, 5) is 22.1. The van der Waals surface area contributed by atoms with Gasteiger partial charge in [0.15, 0.2) is 0 Å². The molecule has 2 rings (SSSR count). The molecule has 1 amide bonds. The number of rotatable bonds is 4. The van der Waals surface area contributed by atoms with E-state index in [0.717, 1.165) is 11.3 Å². The van der Waals surface area contributed by atoms with E-state index in [9.17, 15) is 9.59 Å². The van der Waals surface area contributed by atoms with Crippen molar-refractivity contribution in [1.82, 2.24) is 15.5 Å². The summed E-state index contributed by atoms with van der Waals surface area (Å²) in [5.74, 6) is -1.27. The van der Waals surface area contributed by atoms with Crippen molar-refractivity contribution in [2.75, 3.05) is 0 Å². The molecule has 17 heavy (non-hydrogen) atoms. The van der Waals surface area contributed by atoms with Crippen LogP contribution in [0.25, 0.3) is 0 Å². The van der Waals surface area contributed by atoms with Crippen molar-refractivity contribution in [2.45, 2.75) is 26.2 Å². The van der Waals surface area contributed by atoms with Crippen molar-refractivity contribution >= 4 is 11.9 Å². The van der Waals surface area contributed by atoms with E-state index in [1.54, 1.807) is 6.20 Å². The third kappa shape index (κ3) is 2.35. The fourth-order valence-electron chi connectivity index (χ4n) is 1.86. The van der Waals surface area contributed by atoms with Gasteiger partial charge < -0.3 is 10.4 Å². The molecular weight excluding hydrogens is 222 g/mol. The van der Waals surface area contributed by atoms with E-state index in [0.29, 0.717) is 18.5 Å². The van der Waals surface area contributed by atoms with Crippen LogP contribution in [0.5, 0.6) is 0 Å². The highest BCUT2D eigenvalue weighted by Crippen LogP contribution is 2.20. The Morgan fingerprint density at radius 1 is 1.53 bits per heavy atom. The van der Waals surface area contributed by atoms with Crippen LogP contribution >= 0.6 is 0 Å². The van der Waals surface area contributed by atoms with Gasteiger partial charge in [0.1, 0.15) is 0 Å². The average Bonchev–Trinajstić information content (AvgIpc) is 2.82. The second-order valence-electron chi connectivity index (χ2n) is 4.01. The maximum atomic E-state index is 11.2. The number of allylic oxidation sites excluding steroid dienone is 1. The molecule has 6 heteroatoms. The van der Waals surface area contributed by atoms with Crippen LogP contribution in [0.2, 0.25) is 0 Å².